The first kappa shape index (κ1) is 26.0. The van der Waals surface area contributed by atoms with Crippen LogP contribution >= 0.6 is 0 Å². The molecule has 1 saturated heterocycles. The van der Waals surface area contributed by atoms with Gasteiger partial charge >= 0.3 is 0 Å². The summed E-state index contributed by atoms with van der Waals surface area (Å²) in [6.07, 6.45) is -0.0456. The lowest BCUT2D eigenvalue weighted by Crippen LogP contribution is -2.55. The monoisotopic (exact) mass is 505 g/mol. The molecule has 1 aliphatic heterocycles. The van der Waals surface area contributed by atoms with Gasteiger partial charge in [-0.25, -0.2) is 0 Å². The third-order valence-electron chi connectivity index (χ3n) is 6.33. The van der Waals surface area contributed by atoms with Crippen LogP contribution in [0.5, 0.6) is 5.75 Å². The number of carbonyl (C=O) groups excluding carboxylic acids is 3. The van der Waals surface area contributed by atoms with Gasteiger partial charge in [-0.2, -0.15) is 0 Å². The highest BCUT2D eigenvalue weighted by molar-refractivity contribution is 5.92. The van der Waals surface area contributed by atoms with Crippen LogP contribution in [0.4, 0.5) is 0 Å². The maximum absolute atomic E-state index is 12.8. The average Bonchev–Trinajstić information content (AvgIpc) is 3.45. The number of aliphatic hydroxyl groups excluding tert-OH is 1. The molecule has 37 heavy (non-hydrogen) atoms. The average molecular weight is 506 g/mol. The standard InChI is InChI=1S/C28H31N3O6/c1-20(27(34)29-16-24-8-5-15-36-24)26(33)28(35)31-14-13-30(25(32)18-31)17-21-9-11-23(12-10-21)37-19-22-6-3-2-4-7-22/h2-12,15,20,26,33H,13-14,16-19H2,1H3,(H,29,34)/t20-,26-/m1/s1. The fourth-order valence-corrected chi connectivity index (χ4v) is 4.01. The summed E-state index contributed by atoms with van der Waals surface area (Å²) < 4.78 is 11.0. The third kappa shape index (κ3) is 6.98. The predicted octanol–water partition coefficient (Wildman–Crippen LogP) is 2.34. The summed E-state index contributed by atoms with van der Waals surface area (Å²) in [4.78, 5) is 40.9. The van der Waals surface area contributed by atoms with Gasteiger partial charge in [0.2, 0.25) is 11.8 Å². The second-order valence-electron chi connectivity index (χ2n) is 9.02. The number of hydrogen-bond donors (Lipinski definition) is 2. The number of carbonyl (C=O) groups is 3. The number of ether oxygens (including phenoxy) is 1. The van der Waals surface area contributed by atoms with Crippen molar-refractivity contribution in [3.8, 4) is 5.75 Å². The summed E-state index contributed by atoms with van der Waals surface area (Å²) in [7, 11) is 0. The van der Waals surface area contributed by atoms with Crippen molar-refractivity contribution >= 4 is 17.7 Å². The van der Waals surface area contributed by atoms with Crippen LogP contribution in [0.3, 0.4) is 0 Å². The SMILES string of the molecule is C[C@@H](C(=O)NCc1ccco1)[C@@H](O)C(=O)N1CCN(Cc2ccc(OCc3ccccc3)cc2)C(=O)C1. The highest BCUT2D eigenvalue weighted by Crippen LogP contribution is 2.17. The fraction of sp³-hybridized carbons (Fsp3) is 0.321. The molecular formula is C28H31N3O6. The Kier molecular flexibility index (Phi) is 8.58. The number of aliphatic hydroxyl groups is 1. The topological polar surface area (TPSA) is 112 Å². The molecule has 194 valence electrons. The van der Waals surface area contributed by atoms with Gasteiger partial charge in [-0.3, -0.25) is 14.4 Å². The van der Waals surface area contributed by atoms with Crippen LogP contribution in [0, 0.1) is 5.92 Å². The van der Waals surface area contributed by atoms with Gasteiger partial charge in [0.1, 0.15) is 24.2 Å². The minimum atomic E-state index is -1.54. The Morgan fingerprint density at radius 1 is 1.03 bits per heavy atom. The summed E-state index contributed by atoms with van der Waals surface area (Å²) in [5, 5.41) is 13.1. The summed E-state index contributed by atoms with van der Waals surface area (Å²) in [6, 6.07) is 20.9. The van der Waals surface area contributed by atoms with Crippen LogP contribution in [-0.2, 0) is 34.1 Å². The maximum Gasteiger partial charge on any atom is 0.252 e. The lowest BCUT2D eigenvalue weighted by molar-refractivity contribution is -0.154. The van der Waals surface area contributed by atoms with Crippen molar-refractivity contribution in [1.29, 1.82) is 0 Å². The predicted molar refractivity (Wildman–Crippen MR) is 135 cm³/mol. The summed E-state index contributed by atoms with van der Waals surface area (Å²) >= 11 is 0. The van der Waals surface area contributed by atoms with E-state index < -0.39 is 23.8 Å². The van der Waals surface area contributed by atoms with Crippen molar-refractivity contribution in [1.82, 2.24) is 15.1 Å². The van der Waals surface area contributed by atoms with E-state index in [2.05, 4.69) is 5.32 Å². The van der Waals surface area contributed by atoms with Crippen molar-refractivity contribution in [2.75, 3.05) is 19.6 Å². The molecule has 1 aromatic heterocycles. The van der Waals surface area contributed by atoms with Crippen LogP contribution in [0.15, 0.2) is 77.4 Å². The number of piperazine rings is 1. The smallest absolute Gasteiger partial charge is 0.252 e. The van der Waals surface area contributed by atoms with E-state index in [0.29, 0.717) is 25.5 Å². The molecule has 9 nitrogen and oxygen atoms in total. The minimum absolute atomic E-state index is 0.144. The number of amides is 3. The Labute approximate surface area is 215 Å². The quantitative estimate of drug-likeness (QED) is 0.438. The highest BCUT2D eigenvalue weighted by atomic mass is 16.5. The van der Waals surface area contributed by atoms with E-state index in [0.717, 1.165) is 16.9 Å². The molecule has 0 aliphatic carbocycles. The van der Waals surface area contributed by atoms with E-state index in [4.69, 9.17) is 9.15 Å². The maximum atomic E-state index is 12.8. The van der Waals surface area contributed by atoms with E-state index in [9.17, 15) is 19.5 Å². The number of rotatable bonds is 10. The van der Waals surface area contributed by atoms with Crippen LogP contribution in [-0.4, -0.2) is 58.4 Å². The molecule has 3 amide bonds. The largest absolute Gasteiger partial charge is 0.489 e. The number of hydrogen-bond acceptors (Lipinski definition) is 6. The van der Waals surface area contributed by atoms with Gasteiger partial charge in [0, 0.05) is 19.6 Å². The number of benzene rings is 2. The Balaban J connectivity index is 1.23. The molecule has 0 bridgehead atoms. The zero-order chi connectivity index (χ0) is 26.2. The summed E-state index contributed by atoms with van der Waals surface area (Å²) in [5.41, 5.74) is 2.03. The fourth-order valence-electron chi connectivity index (χ4n) is 4.01. The van der Waals surface area contributed by atoms with Crippen molar-refractivity contribution in [3.05, 3.63) is 89.9 Å². The van der Waals surface area contributed by atoms with E-state index in [1.54, 1.807) is 17.0 Å². The molecule has 2 N–H and O–H groups in total. The Hall–Kier alpha value is -4.11. The van der Waals surface area contributed by atoms with Gasteiger partial charge in [-0.05, 0) is 35.4 Å². The normalized spacial score (nSPS) is 15.2. The van der Waals surface area contributed by atoms with Crippen molar-refractivity contribution < 1.29 is 28.6 Å². The Morgan fingerprint density at radius 2 is 1.78 bits per heavy atom. The van der Waals surface area contributed by atoms with Gasteiger partial charge in [-0.1, -0.05) is 49.4 Å². The van der Waals surface area contributed by atoms with Crippen molar-refractivity contribution in [2.24, 2.45) is 5.92 Å². The number of nitrogens with one attached hydrogen (secondary N) is 1. The third-order valence-corrected chi connectivity index (χ3v) is 6.33. The molecule has 0 radical (unpaired) electrons. The van der Waals surface area contributed by atoms with Crippen LogP contribution < -0.4 is 10.1 Å². The van der Waals surface area contributed by atoms with E-state index in [-0.39, 0.29) is 25.5 Å². The number of nitrogens with zero attached hydrogens (tertiary/aromatic N) is 2. The summed E-state index contributed by atoms with van der Waals surface area (Å²) in [6.45, 7) is 3.00. The highest BCUT2D eigenvalue weighted by Gasteiger charge is 2.35. The van der Waals surface area contributed by atoms with Crippen LogP contribution in [0.2, 0.25) is 0 Å². The van der Waals surface area contributed by atoms with Gasteiger partial charge in [0.25, 0.3) is 5.91 Å². The van der Waals surface area contributed by atoms with Gasteiger partial charge in [0.15, 0.2) is 0 Å². The lowest BCUT2D eigenvalue weighted by Gasteiger charge is -2.36. The first-order chi connectivity index (χ1) is 17.9. The second kappa shape index (κ2) is 12.2. The summed E-state index contributed by atoms with van der Waals surface area (Å²) in [5.74, 6) is -0.987. The van der Waals surface area contributed by atoms with Crippen LogP contribution in [0.1, 0.15) is 23.8 Å². The molecule has 0 saturated carbocycles. The minimum Gasteiger partial charge on any atom is -0.489 e. The number of furan rings is 1. The molecule has 9 heteroatoms. The molecular weight excluding hydrogens is 474 g/mol. The Bertz CT molecular complexity index is 1180. The Morgan fingerprint density at radius 3 is 2.46 bits per heavy atom. The van der Waals surface area contributed by atoms with Crippen LogP contribution in [0.25, 0.3) is 0 Å². The molecule has 2 atom stereocenters. The molecule has 1 fully saturated rings. The second-order valence-corrected chi connectivity index (χ2v) is 9.02. The zero-order valence-electron chi connectivity index (χ0n) is 20.7. The zero-order valence-corrected chi connectivity index (χ0v) is 20.7. The molecule has 2 aromatic carbocycles. The van der Waals surface area contributed by atoms with Gasteiger partial charge < -0.3 is 29.4 Å². The van der Waals surface area contributed by atoms with Crippen molar-refractivity contribution in [3.63, 3.8) is 0 Å². The first-order valence-corrected chi connectivity index (χ1v) is 12.2. The van der Waals surface area contributed by atoms with Crippen molar-refractivity contribution in [2.45, 2.75) is 32.7 Å². The van der Waals surface area contributed by atoms with E-state index in [1.165, 1.54) is 18.1 Å². The molecule has 1 aliphatic rings. The molecule has 0 spiro atoms. The molecule has 2 heterocycles. The molecule has 4 rings (SSSR count). The van der Waals surface area contributed by atoms with Gasteiger partial charge in [0.05, 0.1) is 25.3 Å². The lowest BCUT2D eigenvalue weighted by atomic mass is 10.0. The molecule has 0 unspecified atom stereocenters. The van der Waals surface area contributed by atoms with E-state index in [1.807, 2.05) is 54.6 Å². The van der Waals surface area contributed by atoms with E-state index >= 15 is 0 Å². The van der Waals surface area contributed by atoms with Gasteiger partial charge in [-0.15, -0.1) is 0 Å². The molecule has 3 aromatic rings. The first-order valence-electron chi connectivity index (χ1n) is 12.2.